The average Bonchev–Trinajstić information content (AvgIpc) is 2.70. The minimum Gasteiger partial charge on any atom is -0.298 e. The summed E-state index contributed by atoms with van der Waals surface area (Å²) in [6.07, 6.45) is 2.57. The molecule has 0 aliphatic heterocycles. The summed E-state index contributed by atoms with van der Waals surface area (Å²) in [5, 5.41) is 0. The third-order valence-electron chi connectivity index (χ3n) is 3.71. The molecule has 0 fully saturated rings. The van der Waals surface area contributed by atoms with Crippen LogP contribution in [0.4, 0.5) is 0 Å². The van der Waals surface area contributed by atoms with Crippen LogP contribution in [0, 0.1) is 20.8 Å². The predicted octanol–water partition coefficient (Wildman–Crippen LogP) is 5.42. The molecule has 3 heteroatoms. The minimum atomic E-state index is 0.737. The Morgan fingerprint density at radius 2 is 1.19 bits per heavy atom. The number of carbonyl (C=O) groups is 3. The first kappa shape index (κ1) is 21.7. The molecule has 0 heterocycles. The Balaban J connectivity index is 0.000000202. The van der Waals surface area contributed by atoms with E-state index in [0.717, 1.165) is 46.7 Å². The summed E-state index contributed by atoms with van der Waals surface area (Å²) in [6, 6.07) is 22.4. The van der Waals surface area contributed by atoms with Crippen LogP contribution in [0.3, 0.4) is 0 Å². The third-order valence-corrected chi connectivity index (χ3v) is 3.71. The van der Waals surface area contributed by atoms with Gasteiger partial charge >= 0.3 is 0 Å². The van der Waals surface area contributed by atoms with Crippen molar-refractivity contribution in [3.8, 4) is 0 Å². The SMILES string of the molecule is Cc1ccc(C=O)cc1.Cc1cccc(C=O)c1.Cc1ccccc1C=O. The fourth-order valence-electron chi connectivity index (χ4n) is 2.11. The fraction of sp³-hybridized carbons (Fsp3) is 0.125. The monoisotopic (exact) mass is 360 g/mol. The molecule has 0 N–H and O–H groups in total. The number of rotatable bonds is 3. The van der Waals surface area contributed by atoms with E-state index >= 15 is 0 Å². The van der Waals surface area contributed by atoms with Crippen molar-refractivity contribution >= 4 is 18.9 Å². The van der Waals surface area contributed by atoms with E-state index in [2.05, 4.69) is 0 Å². The molecule has 27 heavy (non-hydrogen) atoms. The normalized spacial score (nSPS) is 9.00. The molecular weight excluding hydrogens is 336 g/mol. The molecule has 3 aromatic rings. The molecule has 0 atom stereocenters. The quantitative estimate of drug-likeness (QED) is 0.586. The standard InChI is InChI=1S/3C8H8O/c1-7-2-4-8(6-9)5-3-7;1-7-3-2-4-8(5-7)6-9;1-7-4-2-3-5-8(7)6-9/h3*2-6H,1H3. The first-order chi connectivity index (χ1) is 13.0. The van der Waals surface area contributed by atoms with Crippen molar-refractivity contribution < 1.29 is 14.4 Å². The minimum absolute atomic E-state index is 0.737. The number of carbonyl (C=O) groups excluding carboxylic acids is 3. The van der Waals surface area contributed by atoms with Crippen LogP contribution in [-0.2, 0) is 0 Å². The van der Waals surface area contributed by atoms with Gasteiger partial charge in [-0.3, -0.25) is 14.4 Å². The number of aldehydes is 3. The summed E-state index contributed by atoms with van der Waals surface area (Å²) in [5.41, 5.74) is 5.60. The van der Waals surface area contributed by atoms with Crippen molar-refractivity contribution in [1.29, 1.82) is 0 Å². The Kier molecular flexibility index (Phi) is 9.72. The Labute approximate surface area is 160 Å². The second-order valence-corrected chi connectivity index (χ2v) is 6.03. The molecule has 0 aromatic heterocycles. The van der Waals surface area contributed by atoms with Gasteiger partial charge in [-0.15, -0.1) is 0 Å². The van der Waals surface area contributed by atoms with E-state index in [1.165, 1.54) is 5.56 Å². The number of hydrogen-bond donors (Lipinski definition) is 0. The lowest BCUT2D eigenvalue weighted by atomic mass is 10.1. The molecule has 0 saturated carbocycles. The number of benzene rings is 3. The lowest BCUT2D eigenvalue weighted by Crippen LogP contribution is -1.82. The van der Waals surface area contributed by atoms with E-state index in [1.54, 1.807) is 6.07 Å². The number of hydrogen-bond acceptors (Lipinski definition) is 3. The van der Waals surface area contributed by atoms with Crippen LogP contribution in [-0.4, -0.2) is 18.9 Å². The van der Waals surface area contributed by atoms with Crippen molar-refractivity contribution in [1.82, 2.24) is 0 Å². The zero-order chi connectivity index (χ0) is 20.1. The van der Waals surface area contributed by atoms with E-state index in [1.807, 2.05) is 87.5 Å². The molecule has 0 unspecified atom stereocenters. The van der Waals surface area contributed by atoms with E-state index < -0.39 is 0 Å². The number of aryl methyl sites for hydroxylation is 3. The van der Waals surface area contributed by atoms with E-state index in [9.17, 15) is 14.4 Å². The maximum Gasteiger partial charge on any atom is 0.150 e. The zero-order valence-electron chi connectivity index (χ0n) is 15.9. The van der Waals surface area contributed by atoms with Gasteiger partial charge in [0.25, 0.3) is 0 Å². The summed E-state index contributed by atoms with van der Waals surface area (Å²) in [7, 11) is 0. The van der Waals surface area contributed by atoms with Crippen LogP contribution < -0.4 is 0 Å². The smallest absolute Gasteiger partial charge is 0.150 e. The summed E-state index contributed by atoms with van der Waals surface area (Å²) < 4.78 is 0. The van der Waals surface area contributed by atoms with Gasteiger partial charge in [0.1, 0.15) is 18.9 Å². The van der Waals surface area contributed by atoms with Crippen molar-refractivity contribution in [2.75, 3.05) is 0 Å². The Bertz CT molecular complexity index is 865. The molecule has 0 bridgehead atoms. The average molecular weight is 360 g/mol. The van der Waals surface area contributed by atoms with Crippen molar-refractivity contribution in [3.05, 3.63) is 106 Å². The molecule has 0 aliphatic rings. The highest BCUT2D eigenvalue weighted by Gasteiger charge is 1.90. The van der Waals surface area contributed by atoms with Crippen LogP contribution >= 0.6 is 0 Å². The lowest BCUT2D eigenvalue weighted by Gasteiger charge is -1.92. The van der Waals surface area contributed by atoms with Gasteiger partial charge in [0.2, 0.25) is 0 Å². The van der Waals surface area contributed by atoms with E-state index in [-0.39, 0.29) is 0 Å². The second kappa shape index (κ2) is 12.1. The first-order valence-corrected chi connectivity index (χ1v) is 8.54. The Morgan fingerprint density at radius 1 is 0.556 bits per heavy atom. The van der Waals surface area contributed by atoms with E-state index in [0.29, 0.717) is 0 Å². The summed E-state index contributed by atoms with van der Waals surface area (Å²) in [4.78, 5) is 30.5. The van der Waals surface area contributed by atoms with Gasteiger partial charge in [-0.1, -0.05) is 77.9 Å². The maximum atomic E-state index is 10.2. The highest BCUT2D eigenvalue weighted by atomic mass is 16.1. The van der Waals surface area contributed by atoms with E-state index in [4.69, 9.17) is 0 Å². The van der Waals surface area contributed by atoms with Crippen LogP contribution in [0.2, 0.25) is 0 Å². The molecule has 0 saturated heterocycles. The fourth-order valence-corrected chi connectivity index (χ4v) is 2.11. The van der Waals surface area contributed by atoms with Crippen LogP contribution in [0.25, 0.3) is 0 Å². The highest BCUT2D eigenvalue weighted by Crippen LogP contribution is 2.02. The van der Waals surface area contributed by atoms with Crippen LogP contribution in [0.1, 0.15) is 47.8 Å². The van der Waals surface area contributed by atoms with Crippen LogP contribution in [0.15, 0.2) is 72.8 Å². The summed E-state index contributed by atoms with van der Waals surface area (Å²) in [6.45, 7) is 5.88. The molecule has 3 nitrogen and oxygen atoms in total. The third kappa shape index (κ3) is 8.54. The second-order valence-electron chi connectivity index (χ2n) is 6.03. The maximum absolute atomic E-state index is 10.2. The topological polar surface area (TPSA) is 51.2 Å². The molecule has 0 amide bonds. The van der Waals surface area contributed by atoms with Gasteiger partial charge < -0.3 is 0 Å². The van der Waals surface area contributed by atoms with Gasteiger partial charge in [-0.05, 0) is 32.4 Å². The van der Waals surface area contributed by atoms with Gasteiger partial charge in [-0.2, -0.15) is 0 Å². The first-order valence-electron chi connectivity index (χ1n) is 8.54. The molecule has 0 radical (unpaired) electrons. The zero-order valence-corrected chi connectivity index (χ0v) is 15.9. The molecular formula is C24H24O3. The molecule has 3 rings (SSSR count). The predicted molar refractivity (Wildman–Crippen MR) is 110 cm³/mol. The Hall–Kier alpha value is -3.33. The molecule has 0 spiro atoms. The van der Waals surface area contributed by atoms with Gasteiger partial charge in [0.15, 0.2) is 0 Å². The highest BCUT2D eigenvalue weighted by molar-refractivity contribution is 5.77. The van der Waals surface area contributed by atoms with Crippen molar-refractivity contribution in [3.63, 3.8) is 0 Å². The largest absolute Gasteiger partial charge is 0.298 e. The van der Waals surface area contributed by atoms with Crippen molar-refractivity contribution in [2.24, 2.45) is 0 Å². The molecule has 138 valence electrons. The lowest BCUT2D eigenvalue weighted by molar-refractivity contribution is 0.111. The molecule has 3 aromatic carbocycles. The Morgan fingerprint density at radius 3 is 1.63 bits per heavy atom. The van der Waals surface area contributed by atoms with Gasteiger partial charge in [0.05, 0.1) is 0 Å². The van der Waals surface area contributed by atoms with Crippen molar-refractivity contribution in [2.45, 2.75) is 20.8 Å². The summed E-state index contributed by atoms with van der Waals surface area (Å²) >= 11 is 0. The van der Waals surface area contributed by atoms with Gasteiger partial charge in [-0.25, -0.2) is 0 Å². The van der Waals surface area contributed by atoms with Gasteiger partial charge in [0, 0.05) is 16.7 Å². The molecule has 0 aliphatic carbocycles. The van der Waals surface area contributed by atoms with Crippen LogP contribution in [0.5, 0.6) is 0 Å². The summed E-state index contributed by atoms with van der Waals surface area (Å²) in [5.74, 6) is 0.